The number of oxime groups is 1. The number of rotatable bonds is 6. The monoisotopic (exact) mass is 252 g/mol. The summed E-state index contributed by atoms with van der Waals surface area (Å²) < 4.78 is 0. The highest BCUT2D eigenvalue weighted by Gasteiger charge is 2.04. The number of aromatic amines is 1. The zero-order valence-corrected chi connectivity index (χ0v) is 9.85. The molecular formula is C11H16N4O3. The Balaban J connectivity index is 2.28. The van der Waals surface area contributed by atoms with Crippen LogP contribution in [0.3, 0.4) is 0 Å². The van der Waals surface area contributed by atoms with Gasteiger partial charge in [-0.15, -0.1) is 0 Å². The SMILES string of the molecule is N/C(CCCCNC(=O)c1cc[nH]c(=O)c1)=N/O. The molecule has 0 radical (unpaired) electrons. The first-order valence-electron chi connectivity index (χ1n) is 5.57. The molecule has 1 aromatic heterocycles. The van der Waals surface area contributed by atoms with Gasteiger partial charge in [0, 0.05) is 30.8 Å². The van der Waals surface area contributed by atoms with Gasteiger partial charge in [0.05, 0.1) is 0 Å². The molecule has 98 valence electrons. The van der Waals surface area contributed by atoms with E-state index in [0.29, 0.717) is 31.4 Å². The van der Waals surface area contributed by atoms with Gasteiger partial charge in [0.15, 0.2) is 0 Å². The first-order chi connectivity index (χ1) is 8.63. The summed E-state index contributed by atoms with van der Waals surface area (Å²) in [5.41, 5.74) is 5.32. The molecule has 5 N–H and O–H groups in total. The number of hydrogen-bond donors (Lipinski definition) is 4. The van der Waals surface area contributed by atoms with Crippen LogP contribution in [-0.2, 0) is 0 Å². The van der Waals surface area contributed by atoms with E-state index >= 15 is 0 Å². The maximum Gasteiger partial charge on any atom is 0.251 e. The number of pyridine rings is 1. The normalized spacial score (nSPS) is 11.2. The Hall–Kier alpha value is -2.31. The number of aromatic nitrogens is 1. The predicted molar refractivity (Wildman–Crippen MR) is 66.7 cm³/mol. The molecule has 0 unspecified atom stereocenters. The molecule has 0 saturated heterocycles. The van der Waals surface area contributed by atoms with Crippen LogP contribution in [0.25, 0.3) is 0 Å². The third kappa shape index (κ3) is 4.69. The highest BCUT2D eigenvalue weighted by molar-refractivity contribution is 5.93. The molecule has 0 aromatic carbocycles. The lowest BCUT2D eigenvalue weighted by molar-refractivity contribution is 0.0953. The van der Waals surface area contributed by atoms with Gasteiger partial charge in [-0.3, -0.25) is 9.59 Å². The summed E-state index contributed by atoms with van der Waals surface area (Å²) in [7, 11) is 0. The lowest BCUT2D eigenvalue weighted by atomic mass is 10.2. The fourth-order valence-electron chi connectivity index (χ4n) is 1.37. The molecule has 1 rings (SSSR count). The van der Waals surface area contributed by atoms with Crippen molar-refractivity contribution in [3.63, 3.8) is 0 Å². The van der Waals surface area contributed by atoms with Gasteiger partial charge in [-0.1, -0.05) is 5.16 Å². The minimum Gasteiger partial charge on any atom is -0.409 e. The van der Waals surface area contributed by atoms with Crippen molar-refractivity contribution in [2.75, 3.05) is 6.54 Å². The Kier molecular flexibility index (Phi) is 5.43. The van der Waals surface area contributed by atoms with E-state index in [2.05, 4.69) is 15.5 Å². The molecule has 0 fully saturated rings. The Morgan fingerprint density at radius 3 is 2.94 bits per heavy atom. The average Bonchev–Trinajstić information content (AvgIpc) is 2.37. The summed E-state index contributed by atoms with van der Waals surface area (Å²) in [6.45, 7) is 0.477. The molecule has 7 nitrogen and oxygen atoms in total. The third-order valence-corrected chi connectivity index (χ3v) is 2.31. The maximum absolute atomic E-state index is 11.6. The summed E-state index contributed by atoms with van der Waals surface area (Å²) in [5, 5.41) is 13.8. The number of H-pyrrole nitrogens is 1. The molecule has 1 aromatic rings. The summed E-state index contributed by atoms with van der Waals surface area (Å²) in [4.78, 5) is 25.0. The Morgan fingerprint density at radius 1 is 1.50 bits per heavy atom. The van der Waals surface area contributed by atoms with Crippen molar-refractivity contribution in [2.45, 2.75) is 19.3 Å². The molecule has 0 atom stereocenters. The van der Waals surface area contributed by atoms with Gasteiger partial charge in [0.1, 0.15) is 5.84 Å². The molecule has 7 heteroatoms. The van der Waals surface area contributed by atoms with Crippen molar-refractivity contribution in [1.82, 2.24) is 10.3 Å². The van der Waals surface area contributed by atoms with Gasteiger partial charge in [0.2, 0.25) is 5.56 Å². The highest BCUT2D eigenvalue weighted by Crippen LogP contribution is 1.96. The van der Waals surface area contributed by atoms with Crippen molar-refractivity contribution in [1.29, 1.82) is 0 Å². The summed E-state index contributed by atoms with van der Waals surface area (Å²) in [6, 6.07) is 2.78. The summed E-state index contributed by atoms with van der Waals surface area (Å²) in [5.74, 6) is -0.110. The Bertz CT molecular complexity index is 481. The number of carbonyl (C=O) groups excluding carboxylic acids is 1. The molecule has 0 aliphatic heterocycles. The molecule has 1 amide bonds. The Labute approximate surface area is 104 Å². The number of nitrogens with one attached hydrogen (secondary N) is 2. The van der Waals surface area contributed by atoms with E-state index in [1.54, 1.807) is 0 Å². The summed E-state index contributed by atoms with van der Waals surface area (Å²) in [6.07, 6.45) is 3.34. The molecular weight excluding hydrogens is 236 g/mol. The van der Waals surface area contributed by atoms with Crippen molar-refractivity contribution in [2.24, 2.45) is 10.9 Å². The lowest BCUT2D eigenvalue weighted by Crippen LogP contribution is -2.25. The van der Waals surface area contributed by atoms with E-state index in [9.17, 15) is 9.59 Å². The number of amidine groups is 1. The lowest BCUT2D eigenvalue weighted by Gasteiger charge is -2.04. The van der Waals surface area contributed by atoms with Crippen LogP contribution in [0.4, 0.5) is 0 Å². The number of carbonyl (C=O) groups is 1. The van der Waals surface area contributed by atoms with Gasteiger partial charge < -0.3 is 21.2 Å². The smallest absolute Gasteiger partial charge is 0.251 e. The molecule has 0 aliphatic carbocycles. The molecule has 0 spiro atoms. The second kappa shape index (κ2) is 7.10. The fraction of sp³-hybridized carbons (Fsp3) is 0.364. The third-order valence-electron chi connectivity index (χ3n) is 2.31. The number of nitrogens with two attached hydrogens (primary N) is 1. The van der Waals surface area contributed by atoms with E-state index in [1.165, 1.54) is 18.3 Å². The molecule has 0 bridgehead atoms. The topological polar surface area (TPSA) is 121 Å². The van der Waals surface area contributed by atoms with Gasteiger partial charge in [-0.05, 0) is 18.9 Å². The zero-order valence-electron chi connectivity index (χ0n) is 9.85. The fourth-order valence-corrected chi connectivity index (χ4v) is 1.37. The molecule has 1 heterocycles. The number of unbranched alkanes of at least 4 members (excludes halogenated alkanes) is 1. The van der Waals surface area contributed by atoms with E-state index < -0.39 is 0 Å². The van der Waals surface area contributed by atoms with Gasteiger partial charge in [0.25, 0.3) is 5.91 Å². The quantitative estimate of drug-likeness (QED) is 0.187. The van der Waals surface area contributed by atoms with Crippen LogP contribution in [0.5, 0.6) is 0 Å². The second-order valence-corrected chi connectivity index (χ2v) is 3.75. The number of nitrogens with zero attached hydrogens (tertiary/aromatic N) is 1. The zero-order chi connectivity index (χ0) is 13.4. The summed E-state index contributed by atoms with van der Waals surface area (Å²) >= 11 is 0. The van der Waals surface area contributed by atoms with Crippen LogP contribution in [0.15, 0.2) is 28.3 Å². The first kappa shape index (κ1) is 13.8. The molecule has 18 heavy (non-hydrogen) atoms. The van der Waals surface area contributed by atoms with Crippen LogP contribution >= 0.6 is 0 Å². The van der Waals surface area contributed by atoms with Crippen molar-refractivity contribution < 1.29 is 10.0 Å². The molecule has 0 saturated carbocycles. The highest BCUT2D eigenvalue weighted by atomic mass is 16.4. The van der Waals surface area contributed by atoms with Crippen LogP contribution in [0.2, 0.25) is 0 Å². The first-order valence-corrected chi connectivity index (χ1v) is 5.57. The Morgan fingerprint density at radius 2 is 2.28 bits per heavy atom. The second-order valence-electron chi connectivity index (χ2n) is 3.75. The predicted octanol–water partition coefficient (Wildman–Crippen LogP) is 0.0214. The van der Waals surface area contributed by atoms with Crippen molar-refractivity contribution >= 4 is 11.7 Å². The van der Waals surface area contributed by atoms with E-state index in [0.717, 1.165) is 0 Å². The van der Waals surface area contributed by atoms with Gasteiger partial charge in [-0.25, -0.2) is 0 Å². The minimum absolute atomic E-state index is 0.177. The van der Waals surface area contributed by atoms with Crippen LogP contribution in [-0.4, -0.2) is 28.5 Å². The minimum atomic E-state index is -0.311. The van der Waals surface area contributed by atoms with Gasteiger partial charge >= 0.3 is 0 Å². The van der Waals surface area contributed by atoms with E-state index in [4.69, 9.17) is 10.9 Å². The van der Waals surface area contributed by atoms with Gasteiger partial charge in [-0.2, -0.15) is 0 Å². The van der Waals surface area contributed by atoms with Crippen molar-refractivity contribution in [3.8, 4) is 0 Å². The average molecular weight is 252 g/mol. The van der Waals surface area contributed by atoms with E-state index in [-0.39, 0.29) is 17.3 Å². The maximum atomic E-state index is 11.6. The van der Waals surface area contributed by atoms with Crippen LogP contribution in [0, 0.1) is 0 Å². The van der Waals surface area contributed by atoms with Crippen LogP contribution in [0.1, 0.15) is 29.6 Å². The van der Waals surface area contributed by atoms with Crippen LogP contribution < -0.4 is 16.6 Å². The number of amides is 1. The molecule has 0 aliphatic rings. The van der Waals surface area contributed by atoms with E-state index in [1.807, 2.05) is 0 Å². The van der Waals surface area contributed by atoms with Crippen molar-refractivity contribution in [3.05, 3.63) is 34.2 Å². The largest absolute Gasteiger partial charge is 0.409 e. The number of hydrogen-bond acceptors (Lipinski definition) is 4. The standard InChI is InChI=1S/C11H16N4O3/c12-9(15-18)3-1-2-5-14-11(17)8-4-6-13-10(16)7-8/h4,6-7,18H,1-3,5H2,(H2,12,15)(H,13,16)(H,14,17).